The number of hydrogen-bond donors (Lipinski definition) is 1. The lowest BCUT2D eigenvalue weighted by molar-refractivity contribution is 0.270. The van der Waals surface area contributed by atoms with Crippen molar-refractivity contribution in [2.24, 2.45) is 0 Å². The normalized spacial score (nSPS) is 12.2. The Bertz CT molecular complexity index is 536. The summed E-state index contributed by atoms with van der Waals surface area (Å²) in [5, 5.41) is 3.33. The minimum atomic E-state index is 0.317. The predicted octanol–water partition coefficient (Wildman–Crippen LogP) is 3.51. The number of nitrogens with one attached hydrogen (secondary N) is 1. The van der Waals surface area contributed by atoms with Gasteiger partial charge in [0, 0.05) is 6.04 Å². The third-order valence-corrected chi connectivity index (χ3v) is 3.66. The first-order valence-electron chi connectivity index (χ1n) is 7.10. The molecule has 0 heterocycles. The minimum Gasteiger partial charge on any atom is -0.492 e. The Morgan fingerprint density at radius 2 is 1.75 bits per heavy atom. The summed E-state index contributed by atoms with van der Waals surface area (Å²) >= 11 is 0. The molecule has 0 aromatic heterocycles. The number of para-hydroxylation sites is 1. The fraction of sp³-hybridized carbons (Fsp3) is 0.333. The van der Waals surface area contributed by atoms with Crippen LogP contribution < -0.4 is 10.1 Å². The molecule has 1 atom stereocenters. The summed E-state index contributed by atoms with van der Waals surface area (Å²) < 4.78 is 5.82. The van der Waals surface area contributed by atoms with Crippen LogP contribution in [-0.2, 0) is 6.42 Å². The molecule has 0 radical (unpaired) electrons. The summed E-state index contributed by atoms with van der Waals surface area (Å²) in [6, 6.07) is 16.9. The summed E-state index contributed by atoms with van der Waals surface area (Å²) in [4.78, 5) is 0. The van der Waals surface area contributed by atoms with Gasteiger partial charge in [-0.3, -0.25) is 0 Å². The van der Waals surface area contributed by atoms with E-state index in [0.29, 0.717) is 12.6 Å². The van der Waals surface area contributed by atoms with Gasteiger partial charge in [-0.05, 0) is 56.1 Å². The van der Waals surface area contributed by atoms with Gasteiger partial charge in [0.2, 0.25) is 0 Å². The Hall–Kier alpha value is -1.80. The molecule has 0 saturated carbocycles. The number of benzene rings is 2. The molecule has 0 bridgehead atoms. The molecule has 2 aromatic rings. The van der Waals surface area contributed by atoms with Gasteiger partial charge < -0.3 is 10.1 Å². The first-order valence-corrected chi connectivity index (χ1v) is 7.10. The lowest BCUT2D eigenvalue weighted by atomic mass is 10.0. The van der Waals surface area contributed by atoms with Gasteiger partial charge in [-0.2, -0.15) is 0 Å². The van der Waals surface area contributed by atoms with Crippen LogP contribution in [0.5, 0.6) is 5.75 Å². The van der Waals surface area contributed by atoms with E-state index in [-0.39, 0.29) is 0 Å². The van der Waals surface area contributed by atoms with E-state index in [0.717, 1.165) is 12.2 Å². The molecule has 106 valence electrons. The zero-order valence-corrected chi connectivity index (χ0v) is 12.5. The molecule has 2 rings (SSSR count). The summed E-state index contributed by atoms with van der Waals surface area (Å²) in [6.45, 7) is 4.98. The van der Waals surface area contributed by atoms with Crippen LogP contribution in [0.1, 0.15) is 16.7 Å². The zero-order chi connectivity index (χ0) is 14.4. The molecule has 1 unspecified atom stereocenters. The average molecular weight is 269 g/mol. The van der Waals surface area contributed by atoms with Crippen LogP contribution in [0.2, 0.25) is 0 Å². The Morgan fingerprint density at radius 1 is 1.00 bits per heavy atom. The molecule has 1 N–H and O–H groups in total. The number of hydrogen-bond acceptors (Lipinski definition) is 2. The Morgan fingerprint density at radius 3 is 2.40 bits per heavy atom. The van der Waals surface area contributed by atoms with E-state index in [4.69, 9.17) is 4.74 Å². The highest BCUT2D eigenvalue weighted by atomic mass is 16.5. The average Bonchev–Trinajstić information content (AvgIpc) is 2.48. The monoisotopic (exact) mass is 269 g/mol. The van der Waals surface area contributed by atoms with Crippen LogP contribution in [0.15, 0.2) is 48.5 Å². The van der Waals surface area contributed by atoms with Crippen LogP contribution in [0, 0.1) is 13.8 Å². The topological polar surface area (TPSA) is 21.3 Å². The molecule has 0 saturated heterocycles. The van der Waals surface area contributed by atoms with Crippen molar-refractivity contribution in [3.05, 3.63) is 65.2 Å². The Balaban J connectivity index is 1.93. The fourth-order valence-corrected chi connectivity index (χ4v) is 2.17. The van der Waals surface area contributed by atoms with Crippen molar-refractivity contribution in [1.82, 2.24) is 5.32 Å². The van der Waals surface area contributed by atoms with Gasteiger partial charge in [0.05, 0.1) is 0 Å². The van der Waals surface area contributed by atoms with Crippen molar-refractivity contribution < 1.29 is 4.74 Å². The highest BCUT2D eigenvalue weighted by Crippen LogP contribution is 2.13. The molecule has 0 spiro atoms. The van der Waals surface area contributed by atoms with Gasteiger partial charge in [0.15, 0.2) is 0 Å². The highest BCUT2D eigenvalue weighted by Gasteiger charge is 2.09. The van der Waals surface area contributed by atoms with E-state index in [9.17, 15) is 0 Å². The molecule has 0 aliphatic heterocycles. The lowest BCUT2D eigenvalue weighted by Gasteiger charge is -2.17. The Kier molecular flexibility index (Phi) is 5.19. The van der Waals surface area contributed by atoms with Gasteiger partial charge in [-0.25, -0.2) is 0 Å². The number of ether oxygens (including phenoxy) is 1. The summed E-state index contributed by atoms with van der Waals surface area (Å²) in [6.07, 6.45) is 0.977. The molecular weight excluding hydrogens is 246 g/mol. The maximum atomic E-state index is 5.82. The lowest BCUT2D eigenvalue weighted by Crippen LogP contribution is -2.33. The minimum absolute atomic E-state index is 0.317. The first kappa shape index (κ1) is 14.6. The van der Waals surface area contributed by atoms with Crippen molar-refractivity contribution in [3.63, 3.8) is 0 Å². The molecule has 2 nitrogen and oxygen atoms in total. The van der Waals surface area contributed by atoms with E-state index in [1.807, 2.05) is 37.4 Å². The van der Waals surface area contributed by atoms with Gasteiger partial charge in [-0.1, -0.05) is 36.4 Å². The summed E-state index contributed by atoms with van der Waals surface area (Å²) in [7, 11) is 1.99. The van der Waals surface area contributed by atoms with Gasteiger partial charge >= 0.3 is 0 Å². The quantitative estimate of drug-likeness (QED) is 0.866. The highest BCUT2D eigenvalue weighted by molar-refractivity contribution is 5.30. The maximum absolute atomic E-state index is 5.82. The fourth-order valence-electron chi connectivity index (χ4n) is 2.17. The van der Waals surface area contributed by atoms with E-state index < -0.39 is 0 Å². The molecule has 0 aliphatic rings. The van der Waals surface area contributed by atoms with E-state index in [1.165, 1.54) is 16.7 Å². The Labute approximate surface area is 121 Å². The summed E-state index contributed by atoms with van der Waals surface area (Å²) in [5.41, 5.74) is 4.04. The third kappa shape index (κ3) is 4.10. The van der Waals surface area contributed by atoms with Crippen LogP contribution in [0.3, 0.4) is 0 Å². The third-order valence-electron chi connectivity index (χ3n) is 3.66. The van der Waals surface area contributed by atoms with E-state index >= 15 is 0 Å². The summed E-state index contributed by atoms with van der Waals surface area (Å²) in [5.74, 6) is 0.924. The molecular formula is C18H23NO. The number of rotatable bonds is 6. The molecule has 2 heteroatoms. The second kappa shape index (κ2) is 7.11. The second-order valence-corrected chi connectivity index (χ2v) is 5.23. The molecule has 2 aromatic carbocycles. The molecule has 20 heavy (non-hydrogen) atoms. The van der Waals surface area contributed by atoms with Crippen LogP contribution in [0.25, 0.3) is 0 Å². The van der Waals surface area contributed by atoms with Gasteiger partial charge in [0.1, 0.15) is 12.4 Å². The molecule has 0 fully saturated rings. The van der Waals surface area contributed by atoms with E-state index in [1.54, 1.807) is 0 Å². The van der Waals surface area contributed by atoms with Crippen LogP contribution >= 0.6 is 0 Å². The molecule has 0 amide bonds. The standard InChI is InChI=1S/C18H23NO/c1-14-9-10-16(11-15(14)2)12-17(19-3)13-20-18-7-5-4-6-8-18/h4-11,17,19H,12-13H2,1-3H3. The predicted molar refractivity (Wildman–Crippen MR) is 84.4 cm³/mol. The smallest absolute Gasteiger partial charge is 0.119 e. The van der Waals surface area contributed by atoms with Gasteiger partial charge in [0.25, 0.3) is 0 Å². The van der Waals surface area contributed by atoms with Crippen LogP contribution in [-0.4, -0.2) is 19.7 Å². The first-order chi connectivity index (χ1) is 9.69. The van der Waals surface area contributed by atoms with Crippen molar-refractivity contribution in [1.29, 1.82) is 0 Å². The second-order valence-electron chi connectivity index (χ2n) is 5.23. The number of likely N-dealkylation sites (N-methyl/N-ethyl adjacent to an activating group) is 1. The zero-order valence-electron chi connectivity index (χ0n) is 12.5. The van der Waals surface area contributed by atoms with Crippen molar-refractivity contribution >= 4 is 0 Å². The largest absolute Gasteiger partial charge is 0.492 e. The van der Waals surface area contributed by atoms with Crippen molar-refractivity contribution in [2.45, 2.75) is 26.3 Å². The van der Waals surface area contributed by atoms with Crippen LogP contribution in [0.4, 0.5) is 0 Å². The molecule has 0 aliphatic carbocycles. The van der Waals surface area contributed by atoms with Crippen molar-refractivity contribution in [3.8, 4) is 5.75 Å². The van der Waals surface area contributed by atoms with E-state index in [2.05, 4.69) is 37.4 Å². The van der Waals surface area contributed by atoms with Crippen molar-refractivity contribution in [2.75, 3.05) is 13.7 Å². The number of aryl methyl sites for hydroxylation is 2. The van der Waals surface area contributed by atoms with Gasteiger partial charge in [-0.15, -0.1) is 0 Å². The maximum Gasteiger partial charge on any atom is 0.119 e. The SMILES string of the molecule is CNC(COc1ccccc1)Cc1ccc(C)c(C)c1.